The first-order valence-electron chi connectivity index (χ1n) is 12.1. The first-order valence-corrected chi connectivity index (χ1v) is 12.1. The third-order valence-electron chi connectivity index (χ3n) is 6.21. The number of Topliss-reactive ketones (excluding diaryl/α,β-unsaturated/α-hetero) is 1. The summed E-state index contributed by atoms with van der Waals surface area (Å²) in [6.07, 6.45) is 16.9. The minimum Gasteiger partial charge on any atom is -0.297 e. The SMILES string of the molecule is CCCCCCCCCCCCCCCC(=O)[C@H](C)N1C(=O)c2ccccc2C1=O. The largest absolute Gasteiger partial charge is 0.297 e. The summed E-state index contributed by atoms with van der Waals surface area (Å²) in [6.45, 7) is 3.93. The summed E-state index contributed by atoms with van der Waals surface area (Å²) in [5, 5.41) is 0. The highest BCUT2D eigenvalue weighted by Crippen LogP contribution is 2.25. The maximum atomic E-state index is 12.5. The summed E-state index contributed by atoms with van der Waals surface area (Å²) in [5.41, 5.74) is 0.811. The maximum Gasteiger partial charge on any atom is 0.262 e. The molecule has 0 fully saturated rings. The van der Waals surface area contributed by atoms with E-state index in [-0.39, 0.29) is 17.6 Å². The number of amides is 2. The number of unbranched alkanes of at least 4 members (excludes halogenated alkanes) is 12. The van der Waals surface area contributed by atoms with Crippen molar-refractivity contribution in [2.75, 3.05) is 0 Å². The van der Waals surface area contributed by atoms with Crippen molar-refractivity contribution in [3.8, 4) is 0 Å². The van der Waals surface area contributed by atoms with Crippen LogP contribution in [0, 0.1) is 0 Å². The number of benzene rings is 1. The highest BCUT2D eigenvalue weighted by molar-refractivity contribution is 6.22. The van der Waals surface area contributed by atoms with Gasteiger partial charge in [0.05, 0.1) is 17.2 Å². The van der Waals surface area contributed by atoms with Gasteiger partial charge in [-0.05, 0) is 25.5 Å². The van der Waals surface area contributed by atoms with Crippen LogP contribution in [0.4, 0.5) is 0 Å². The lowest BCUT2D eigenvalue weighted by atomic mass is 10.0. The van der Waals surface area contributed by atoms with Gasteiger partial charge in [0.15, 0.2) is 5.78 Å². The Kier molecular flexibility index (Phi) is 10.8. The zero-order valence-electron chi connectivity index (χ0n) is 19.0. The fourth-order valence-electron chi connectivity index (χ4n) is 4.23. The van der Waals surface area contributed by atoms with Crippen LogP contribution in [0.5, 0.6) is 0 Å². The molecular weight excluding hydrogens is 374 g/mol. The number of rotatable bonds is 16. The second-order valence-corrected chi connectivity index (χ2v) is 8.66. The fourth-order valence-corrected chi connectivity index (χ4v) is 4.23. The Balaban J connectivity index is 1.53. The normalized spacial score (nSPS) is 14.3. The van der Waals surface area contributed by atoms with Crippen molar-refractivity contribution in [2.24, 2.45) is 0 Å². The molecule has 0 bridgehead atoms. The van der Waals surface area contributed by atoms with E-state index in [4.69, 9.17) is 0 Å². The molecule has 2 rings (SSSR count). The van der Waals surface area contributed by atoms with E-state index in [0.29, 0.717) is 17.5 Å². The average molecular weight is 414 g/mol. The molecule has 0 saturated heterocycles. The van der Waals surface area contributed by atoms with Crippen LogP contribution in [0.15, 0.2) is 24.3 Å². The Bertz CT molecular complexity index is 662. The molecular formula is C26H39NO3. The van der Waals surface area contributed by atoms with Gasteiger partial charge in [0.1, 0.15) is 0 Å². The summed E-state index contributed by atoms with van der Waals surface area (Å²) in [7, 11) is 0. The molecule has 1 aliphatic heterocycles. The van der Waals surface area contributed by atoms with Crippen LogP contribution in [-0.4, -0.2) is 28.5 Å². The van der Waals surface area contributed by atoms with Gasteiger partial charge in [-0.3, -0.25) is 19.3 Å². The van der Waals surface area contributed by atoms with E-state index < -0.39 is 6.04 Å². The van der Waals surface area contributed by atoms with E-state index in [1.54, 1.807) is 31.2 Å². The Morgan fingerprint density at radius 3 is 1.57 bits per heavy atom. The van der Waals surface area contributed by atoms with Crippen molar-refractivity contribution in [1.82, 2.24) is 4.90 Å². The van der Waals surface area contributed by atoms with Crippen molar-refractivity contribution in [3.05, 3.63) is 35.4 Å². The smallest absolute Gasteiger partial charge is 0.262 e. The molecule has 1 atom stereocenters. The van der Waals surface area contributed by atoms with Crippen molar-refractivity contribution >= 4 is 17.6 Å². The van der Waals surface area contributed by atoms with Gasteiger partial charge >= 0.3 is 0 Å². The van der Waals surface area contributed by atoms with E-state index in [9.17, 15) is 14.4 Å². The quantitative estimate of drug-likeness (QED) is 0.223. The number of imide groups is 1. The van der Waals surface area contributed by atoms with E-state index >= 15 is 0 Å². The summed E-state index contributed by atoms with van der Waals surface area (Å²) < 4.78 is 0. The van der Waals surface area contributed by atoms with Gasteiger partial charge in [-0.1, -0.05) is 96.1 Å². The molecule has 4 heteroatoms. The Morgan fingerprint density at radius 1 is 0.733 bits per heavy atom. The molecule has 0 radical (unpaired) electrons. The first-order chi connectivity index (χ1) is 14.6. The number of ketones is 1. The molecule has 166 valence electrons. The molecule has 0 aromatic heterocycles. The van der Waals surface area contributed by atoms with Gasteiger partial charge in [-0.2, -0.15) is 0 Å². The van der Waals surface area contributed by atoms with Crippen molar-refractivity contribution < 1.29 is 14.4 Å². The lowest BCUT2D eigenvalue weighted by molar-refractivity contribution is -0.122. The van der Waals surface area contributed by atoms with Gasteiger partial charge in [0.2, 0.25) is 0 Å². The summed E-state index contributed by atoms with van der Waals surface area (Å²) in [5.74, 6) is -0.712. The van der Waals surface area contributed by atoms with Crippen LogP contribution in [-0.2, 0) is 4.79 Å². The summed E-state index contributed by atoms with van der Waals surface area (Å²) >= 11 is 0. The van der Waals surface area contributed by atoms with Crippen LogP contribution in [0.25, 0.3) is 0 Å². The van der Waals surface area contributed by atoms with E-state index in [0.717, 1.165) is 24.2 Å². The van der Waals surface area contributed by atoms with Crippen molar-refractivity contribution in [1.29, 1.82) is 0 Å². The highest BCUT2D eigenvalue weighted by Gasteiger charge is 2.40. The molecule has 1 aliphatic rings. The zero-order valence-corrected chi connectivity index (χ0v) is 19.0. The molecule has 4 nitrogen and oxygen atoms in total. The Hall–Kier alpha value is -1.97. The molecule has 0 N–H and O–H groups in total. The second-order valence-electron chi connectivity index (χ2n) is 8.66. The minimum atomic E-state index is -0.685. The minimum absolute atomic E-state index is 0.0208. The van der Waals surface area contributed by atoms with Crippen LogP contribution in [0.1, 0.15) is 124 Å². The fraction of sp³-hybridized carbons (Fsp3) is 0.654. The third kappa shape index (κ3) is 7.07. The molecule has 0 unspecified atom stereocenters. The topological polar surface area (TPSA) is 54.5 Å². The molecule has 0 aliphatic carbocycles. The standard InChI is InChI=1S/C26H39NO3/c1-3-4-5-6-7-8-9-10-11-12-13-14-15-20-24(28)21(2)27-25(29)22-18-16-17-19-23(22)26(27)30/h16-19,21H,3-15,20H2,1-2H3/t21-/m0/s1. The van der Waals surface area contributed by atoms with Crippen LogP contribution < -0.4 is 0 Å². The van der Waals surface area contributed by atoms with E-state index in [2.05, 4.69) is 6.92 Å². The lowest BCUT2D eigenvalue weighted by Crippen LogP contribution is -2.42. The van der Waals surface area contributed by atoms with Gasteiger partial charge < -0.3 is 0 Å². The number of fused-ring (bicyclic) bond motifs is 1. The molecule has 30 heavy (non-hydrogen) atoms. The van der Waals surface area contributed by atoms with Gasteiger partial charge in [-0.25, -0.2) is 0 Å². The Labute approximate surface area is 182 Å². The predicted molar refractivity (Wildman–Crippen MR) is 122 cm³/mol. The zero-order chi connectivity index (χ0) is 21.8. The molecule has 1 heterocycles. The lowest BCUT2D eigenvalue weighted by Gasteiger charge is -2.21. The monoisotopic (exact) mass is 413 g/mol. The van der Waals surface area contributed by atoms with Crippen molar-refractivity contribution in [3.63, 3.8) is 0 Å². The molecule has 0 spiro atoms. The summed E-state index contributed by atoms with van der Waals surface area (Å²) in [6, 6.07) is 6.11. The number of hydrogen-bond donors (Lipinski definition) is 0. The molecule has 0 saturated carbocycles. The number of carbonyl (C=O) groups excluding carboxylic acids is 3. The van der Waals surface area contributed by atoms with Crippen LogP contribution in [0.2, 0.25) is 0 Å². The number of hydrogen-bond acceptors (Lipinski definition) is 3. The highest BCUT2D eigenvalue weighted by atomic mass is 16.2. The second kappa shape index (κ2) is 13.4. The van der Waals surface area contributed by atoms with E-state index in [1.807, 2.05) is 0 Å². The average Bonchev–Trinajstić information content (AvgIpc) is 3.01. The molecule has 2 amide bonds. The van der Waals surface area contributed by atoms with Gasteiger partial charge in [-0.15, -0.1) is 0 Å². The van der Waals surface area contributed by atoms with Crippen LogP contribution >= 0.6 is 0 Å². The van der Waals surface area contributed by atoms with Crippen LogP contribution in [0.3, 0.4) is 0 Å². The van der Waals surface area contributed by atoms with E-state index in [1.165, 1.54) is 64.2 Å². The maximum absolute atomic E-state index is 12.5. The third-order valence-corrected chi connectivity index (χ3v) is 6.21. The number of carbonyl (C=O) groups is 3. The van der Waals surface area contributed by atoms with Gasteiger partial charge in [0, 0.05) is 6.42 Å². The molecule has 1 aromatic carbocycles. The molecule has 1 aromatic rings. The predicted octanol–water partition coefficient (Wildman–Crippen LogP) is 6.72. The van der Waals surface area contributed by atoms with Gasteiger partial charge in [0.25, 0.3) is 11.8 Å². The number of nitrogens with zero attached hydrogens (tertiary/aromatic N) is 1. The summed E-state index contributed by atoms with van der Waals surface area (Å²) in [4.78, 5) is 38.7. The Morgan fingerprint density at radius 2 is 1.13 bits per heavy atom. The first kappa shape index (κ1) is 24.3. The van der Waals surface area contributed by atoms with Crippen molar-refractivity contribution in [2.45, 2.75) is 110 Å².